The molecule has 0 spiro atoms. The minimum absolute atomic E-state index is 0.261. The lowest BCUT2D eigenvalue weighted by Crippen LogP contribution is -2.60. The Morgan fingerprint density at radius 3 is 1.50 bits per heavy atom. The SMILES string of the molecule is CCCCCCCC=CCCCCCCC(O)C(O)C(COC1OC(CO)C(O)C(O)C1O)NC(=O)C(O)CCCCCCCCCCCCCCCCCC. The molecule has 1 saturated heterocycles. The number of unbranched alkanes of at least 4 members (excludes halogenated alkanes) is 24. The molecule has 9 atom stereocenters. The van der Waals surface area contributed by atoms with Crippen LogP contribution < -0.4 is 5.32 Å². The fourth-order valence-corrected chi connectivity index (χ4v) is 7.43. The van der Waals surface area contributed by atoms with Gasteiger partial charge >= 0.3 is 0 Å². The van der Waals surface area contributed by atoms with Gasteiger partial charge in [0.05, 0.1) is 25.4 Å². The number of hydrogen-bond donors (Lipinski definition) is 8. The number of rotatable bonds is 38. The Balaban J connectivity index is 2.46. The van der Waals surface area contributed by atoms with Crippen molar-refractivity contribution in [2.45, 2.75) is 255 Å². The van der Waals surface area contributed by atoms with Crippen LogP contribution in [0.15, 0.2) is 12.2 Å². The molecule has 0 aromatic carbocycles. The molecule has 1 aliphatic heterocycles. The van der Waals surface area contributed by atoms with E-state index in [0.717, 1.165) is 51.4 Å². The van der Waals surface area contributed by atoms with Crippen LogP contribution in [0.25, 0.3) is 0 Å². The number of allylic oxidation sites excluding steroid dienone is 2. The van der Waals surface area contributed by atoms with Crippen molar-refractivity contribution in [1.29, 1.82) is 0 Å². The molecule has 1 heterocycles. The molecule has 8 N–H and O–H groups in total. The minimum Gasteiger partial charge on any atom is -0.394 e. The highest BCUT2D eigenvalue weighted by atomic mass is 16.7. The summed E-state index contributed by atoms with van der Waals surface area (Å²) in [6.07, 6.45) is 25.4. The van der Waals surface area contributed by atoms with Gasteiger partial charge in [-0.2, -0.15) is 0 Å². The van der Waals surface area contributed by atoms with Gasteiger partial charge in [-0.05, 0) is 38.5 Å². The molecular formula is C45H87NO10. The van der Waals surface area contributed by atoms with Crippen molar-refractivity contribution in [1.82, 2.24) is 5.32 Å². The lowest BCUT2D eigenvalue weighted by atomic mass is 9.98. The summed E-state index contributed by atoms with van der Waals surface area (Å²) in [6.45, 7) is 3.42. The van der Waals surface area contributed by atoms with Crippen LogP contribution in [0.2, 0.25) is 0 Å². The first kappa shape index (κ1) is 52.9. The van der Waals surface area contributed by atoms with Crippen molar-refractivity contribution in [3.05, 3.63) is 12.2 Å². The topological polar surface area (TPSA) is 189 Å². The number of hydrogen-bond acceptors (Lipinski definition) is 10. The summed E-state index contributed by atoms with van der Waals surface area (Å²) in [5, 5.41) is 75.6. The molecule has 11 heteroatoms. The summed E-state index contributed by atoms with van der Waals surface area (Å²) < 4.78 is 11.1. The zero-order valence-corrected chi connectivity index (χ0v) is 35.6. The van der Waals surface area contributed by atoms with Crippen molar-refractivity contribution in [3.63, 3.8) is 0 Å². The maximum absolute atomic E-state index is 13.1. The molecule has 0 radical (unpaired) electrons. The van der Waals surface area contributed by atoms with Gasteiger partial charge in [-0.15, -0.1) is 0 Å². The molecule has 11 nitrogen and oxygen atoms in total. The molecule has 0 aromatic rings. The van der Waals surface area contributed by atoms with Crippen molar-refractivity contribution < 1.29 is 50.0 Å². The van der Waals surface area contributed by atoms with E-state index in [1.54, 1.807) is 0 Å². The van der Waals surface area contributed by atoms with E-state index in [1.807, 2.05) is 0 Å². The Hall–Kier alpha value is -1.15. The maximum Gasteiger partial charge on any atom is 0.249 e. The molecule has 0 aromatic heterocycles. The van der Waals surface area contributed by atoms with Gasteiger partial charge in [-0.25, -0.2) is 0 Å². The monoisotopic (exact) mass is 802 g/mol. The van der Waals surface area contributed by atoms with Gasteiger partial charge in [-0.1, -0.05) is 174 Å². The van der Waals surface area contributed by atoms with Crippen molar-refractivity contribution in [2.75, 3.05) is 13.2 Å². The van der Waals surface area contributed by atoms with Gasteiger partial charge in [-0.3, -0.25) is 4.79 Å². The highest BCUT2D eigenvalue weighted by molar-refractivity contribution is 5.80. The summed E-state index contributed by atoms with van der Waals surface area (Å²) >= 11 is 0. The van der Waals surface area contributed by atoms with E-state index in [-0.39, 0.29) is 6.42 Å². The fraction of sp³-hybridized carbons (Fsp3) is 0.933. The second-order valence-electron chi connectivity index (χ2n) is 16.5. The molecule has 0 bridgehead atoms. The third kappa shape index (κ3) is 25.4. The van der Waals surface area contributed by atoms with Crippen LogP contribution in [0.5, 0.6) is 0 Å². The Morgan fingerprint density at radius 2 is 1.04 bits per heavy atom. The number of carbonyl (C=O) groups excluding carboxylic acids is 1. The second kappa shape index (κ2) is 35.8. The average Bonchev–Trinajstić information content (AvgIpc) is 3.20. The summed E-state index contributed by atoms with van der Waals surface area (Å²) in [5.41, 5.74) is 0. The van der Waals surface area contributed by atoms with Gasteiger partial charge in [0.25, 0.3) is 0 Å². The third-order valence-electron chi connectivity index (χ3n) is 11.3. The first-order valence-corrected chi connectivity index (χ1v) is 23.1. The number of amides is 1. The number of aliphatic hydroxyl groups excluding tert-OH is 7. The molecule has 1 amide bonds. The van der Waals surface area contributed by atoms with E-state index in [0.29, 0.717) is 19.3 Å². The molecule has 9 unspecified atom stereocenters. The Bertz CT molecular complexity index is 923. The Labute approximate surface area is 341 Å². The molecule has 0 aliphatic carbocycles. The standard InChI is InChI=1S/C45H87NO10/c1-3-5-7-9-11-13-15-17-18-19-21-23-25-27-29-31-33-38(49)44(54)46-36(35-55-45-43(53)42(52)41(51)39(34-47)56-45)40(50)37(48)32-30-28-26-24-22-20-16-14-12-10-8-6-4-2/h16,20,36-43,45,47-53H,3-15,17-19,21-35H2,1-2H3,(H,46,54). The zero-order chi connectivity index (χ0) is 41.2. The van der Waals surface area contributed by atoms with Gasteiger partial charge in [0.15, 0.2) is 6.29 Å². The lowest BCUT2D eigenvalue weighted by Gasteiger charge is -2.40. The van der Waals surface area contributed by atoms with E-state index < -0.39 is 74.2 Å². The van der Waals surface area contributed by atoms with Gasteiger partial charge in [0.1, 0.15) is 36.6 Å². The van der Waals surface area contributed by atoms with Gasteiger partial charge in [0, 0.05) is 0 Å². The number of carbonyl (C=O) groups is 1. The third-order valence-corrected chi connectivity index (χ3v) is 11.3. The summed E-state index contributed by atoms with van der Waals surface area (Å²) in [4.78, 5) is 13.1. The number of ether oxygens (including phenoxy) is 2. The zero-order valence-electron chi connectivity index (χ0n) is 35.6. The van der Waals surface area contributed by atoms with Crippen LogP contribution >= 0.6 is 0 Å². The molecule has 1 fully saturated rings. The van der Waals surface area contributed by atoms with Crippen LogP contribution in [0.4, 0.5) is 0 Å². The van der Waals surface area contributed by atoms with E-state index in [4.69, 9.17) is 9.47 Å². The number of nitrogens with one attached hydrogen (secondary N) is 1. The summed E-state index contributed by atoms with van der Waals surface area (Å²) in [7, 11) is 0. The normalized spacial score (nSPS) is 22.3. The molecule has 1 rings (SSSR count). The quantitative estimate of drug-likeness (QED) is 0.0233. The van der Waals surface area contributed by atoms with Crippen molar-refractivity contribution in [3.8, 4) is 0 Å². The minimum atomic E-state index is -1.66. The second-order valence-corrected chi connectivity index (χ2v) is 16.5. The molecule has 332 valence electrons. The average molecular weight is 802 g/mol. The Morgan fingerprint density at radius 1 is 0.607 bits per heavy atom. The van der Waals surface area contributed by atoms with E-state index in [2.05, 4.69) is 31.3 Å². The first-order chi connectivity index (χ1) is 27.2. The van der Waals surface area contributed by atoms with Crippen molar-refractivity contribution in [2.24, 2.45) is 0 Å². The molecule has 56 heavy (non-hydrogen) atoms. The smallest absolute Gasteiger partial charge is 0.249 e. The Kier molecular flexibility index (Phi) is 33.8. The highest BCUT2D eigenvalue weighted by Crippen LogP contribution is 2.23. The maximum atomic E-state index is 13.1. The molecule has 1 aliphatic rings. The van der Waals surface area contributed by atoms with E-state index in [9.17, 15) is 40.5 Å². The van der Waals surface area contributed by atoms with Crippen LogP contribution in [0, 0.1) is 0 Å². The predicted molar refractivity (Wildman–Crippen MR) is 224 cm³/mol. The van der Waals surface area contributed by atoms with Crippen LogP contribution in [-0.4, -0.2) is 110 Å². The van der Waals surface area contributed by atoms with Crippen LogP contribution in [-0.2, 0) is 14.3 Å². The largest absolute Gasteiger partial charge is 0.394 e. The summed E-state index contributed by atoms with van der Waals surface area (Å²) in [6, 6.07) is -1.17. The first-order valence-electron chi connectivity index (χ1n) is 23.1. The highest BCUT2D eigenvalue weighted by Gasteiger charge is 2.44. The van der Waals surface area contributed by atoms with E-state index in [1.165, 1.54) is 109 Å². The molecular weight excluding hydrogens is 714 g/mol. The predicted octanol–water partition coefficient (Wildman–Crippen LogP) is 7.28. The number of aliphatic hydroxyl groups is 7. The fourth-order valence-electron chi connectivity index (χ4n) is 7.43. The van der Waals surface area contributed by atoms with Crippen LogP contribution in [0.1, 0.15) is 200 Å². The summed E-state index contributed by atoms with van der Waals surface area (Å²) in [5.74, 6) is -0.700. The molecule has 0 saturated carbocycles. The van der Waals surface area contributed by atoms with Crippen molar-refractivity contribution >= 4 is 5.91 Å². The lowest BCUT2D eigenvalue weighted by molar-refractivity contribution is -0.303. The van der Waals surface area contributed by atoms with E-state index >= 15 is 0 Å². The van der Waals surface area contributed by atoms with Gasteiger partial charge < -0.3 is 50.5 Å². The van der Waals surface area contributed by atoms with Gasteiger partial charge in [0.2, 0.25) is 5.91 Å². The van der Waals surface area contributed by atoms with Crippen LogP contribution in [0.3, 0.4) is 0 Å².